The van der Waals surface area contributed by atoms with E-state index in [9.17, 15) is 0 Å². The third kappa shape index (κ3) is 1.94. The predicted molar refractivity (Wildman–Crippen MR) is 46.6 cm³/mol. The Kier molecular flexibility index (Phi) is 2.90. The van der Waals surface area contributed by atoms with Crippen molar-refractivity contribution < 1.29 is 4.74 Å². The maximum atomic E-state index is 5.45. The van der Waals surface area contributed by atoms with E-state index in [1.54, 1.807) is 0 Å². The van der Waals surface area contributed by atoms with Crippen LogP contribution in [0.2, 0.25) is 0 Å². The number of rotatable bonds is 2. The van der Waals surface area contributed by atoms with E-state index >= 15 is 0 Å². The van der Waals surface area contributed by atoms with Crippen LogP contribution in [-0.4, -0.2) is 38.3 Å². The average Bonchev–Trinajstić information content (AvgIpc) is 2.32. The standard InChI is InChI=1S/C9H19NO/c1-7(2)8-5-11-6-9(8)10(3)4/h7-9H,5-6H2,1-4H3/t8-,9+/m1/s1. The highest BCUT2D eigenvalue weighted by Gasteiger charge is 2.31. The van der Waals surface area contributed by atoms with Crippen LogP contribution in [0, 0.1) is 11.8 Å². The zero-order valence-electron chi connectivity index (χ0n) is 8.00. The molecule has 0 aromatic carbocycles. The van der Waals surface area contributed by atoms with Crippen molar-refractivity contribution in [1.82, 2.24) is 4.90 Å². The third-order valence-electron chi connectivity index (χ3n) is 2.61. The Morgan fingerprint density at radius 1 is 1.27 bits per heavy atom. The van der Waals surface area contributed by atoms with Gasteiger partial charge in [0, 0.05) is 12.0 Å². The first kappa shape index (κ1) is 9.01. The maximum absolute atomic E-state index is 5.45. The van der Waals surface area contributed by atoms with Crippen molar-refractivity contribution >= 4 is 0 Å². The number of ether oxygens (including phenoxy) is 1. The minimum absolute atomic E-state index is 0.634. The molecule has 0 radical (unpaired) electrons. The van der Waals surface area contributed by atoms with Gasteiger partial charge >= 0.3 is 0 Å². The third-order valence-corrected chi connectivity index (χ3v) is 2.61. The second-order valence-corrected chi connectivity index (χ2v) is 3.98. The zero-order valence-corrected chi connectivity index (χ0v) is 8.00. The second kappa shape index (κ2) is 3.55. The fraction of sp³-hybridized carbons (Fsp3) is 1.00. The van der Waals surface area contributed by atoms with Crippen LogP contribution < -0.4 is 0 Å². The number of hydrogen-bond acceptors (Lipinski definition) is 2. The van der Waals surface area contributed by atoms with E-state index in [1.165, 1.54) is 0 Å². The van der Waals surface area contributed by atoms with Crippen LogP contribution in [0.15, 0.2) is 0 Å². The van der Waals surface area contributed by atoms with E-state index < -0.39 is 0 Å². The molecule has 0 amide bonds. The number of likely N-dealkylation sites (N-methyl/N-ethyl adjacent to an activating group) is 1. The molecule has 1 saturated heterocycles. The summed E-state index contributed by atoms with van der Waals surface area (Å²) in [6.07, 6.45) is 0. The predicted octanol–water partition coefficient (Wildman–Crippen LogP) is 1.22. The number of hydrogen-bond donors (Lipinski definition) is 0. The average molecular weight is 157 g/mol. The zero-order chi connectivity index (χ0) is 8.43. The summed E-state index contributed by atoms with van der Waals surface area (Å²) in [6.45, 7) is 6.40. The molecule has 2 heteroatoms. The molecule has 2 atom stereocenters. The molecule has 1 fully saturated rings. The molecular weight excluding hydrogens is 138 g/mol. The summed E-state index contributed by atoms with van der Waals surface area (Å²) in [7, 11) is 4.27. The molecule has 2 nitrogen and oxygen atoms in total. The molecule has 0 aliphatic carbocycles. The number of nitrogens with zero attached hydrogens (tertiary/aromatic N) is 1. The Balaban J connectivity index is 2.51. The molecule has 1 rings (SSSR count). The highest BCUT2D eigenvalue weighted by atomic mass is 16.5. The summed E-state index contributed by atoms with van der Waals surface area (Å²) in [5.41, 5.74) is 0. The summed E-state index contributed by atoms with van der Waals surface area (Å²) < 4.78 is 5.45. The summed E-state index contributed by atoms with van der Waals surface area (Å²) in [4.78, 5) is 2.28. The lowest BCUT2D eigenvalue weighted by Crippen LogP contribution is -2.36. The Hall–Kier alpha value is -0.0800. The van der Waals surface area contributed by atoms with Crippen LogP contribution in [0.5, 0.6) is 0 Å². The van der Waals surface area contributed by atoms with Gasteiger partial charge < -0.3 is 9.64 Å². The van der Waals surface area contributed by atoms with E-state index in [4.69, 9.17) is 4.74 Å². The van der Waals surface area contributed by atoms with Crippen LogP contribution in [0.4, 0.5) is 0 Å². The second-order valence-electron chi connectivity index (χ2n) is 3.98. The molecule has 1 aliphatic heterocycles. The summed E-state index contributed by atoms with van der Waals surface area (Å²) in [6, 6.07) is 0.634. The van der Waals surface area contributed by atoms with E-state index in [-0.39, 0.29) is 0 Å². The van der Waals surface area contributed by atoms with Gasteiger partial charge in [0.05, 0.1) is 13.2 Å². The Morgan fingerprint density at radius 2 is 1.91 bits per heavy atom. The maximum Gasteiger partial charge on any atom is 0.0625 e. The topological polar surface area (TPSA) is 12.5 Å². The van der Waals surface area contributed by atoms with Crippen molar-refractivity contribution in [2.45, 2.75) is 19.9 Å². The van der Waals surface area contributed by atoms with Gasteiger partial charge in [0.25, 0.3) is 0 Å². The molecule has 0 aromatic heterocycles. The van der Waals surface area contributed by atoms with Gasteiger partial charge in [-0.1, -0.05) is 13.8 Å². The summed E-state index contributed by atoms with van der Waals surface area (Å²) in [5.74, 6) is 1.47. The van der Waals surface area contributed by atoms with E-state index in [0.29, 0.717) is 6.04 Å². The fourth-order valence-corrected chi connectivity index (χ4v) is 1.73. The normalized spacial score (nSPS) is 32.2. The molecule has 0 saturated carbocycles. The summed E-state index contributed by atoms with van der Waals surface area (Å²) in [5, 5.41) is 0. The van der Waals surface area contributed by atoms with Crippen molar-refractivity contribution in [3.8, 4) is 0 Å². The van der Waals surface area contributed by atoms with Gasteiger partial charge in [-0.25, -0.2) is 0 Å². The van der Waals surface area contributed by atoms with Crippen molar-refractivity contribution in [3.05, 3.63) is 0 Å². The molecule has 0 bridgehead atoms. The van der Waals surface area contributed by atoms with Gasteiger partial charge in [-0.3, -0.25) is 0 Å². The monoisotopic (exact) mass is 157 g/mol. The minimum atomic E-state index is 0.634. The van der Waals surface area contributed by atoms with Crippen molar-refractivity contribution in [1.29, 1.82) is 0 Å². The van der Waals surface area contributed by atoms with Gasteiger partial charge in [-0.05, 0) is 20.0 Å². The van der Waals surface area contributed by atoms with Crippen LogP contribution in [0.3, 0.4) is 0 Å². The van der Waals surface area contributed by atoms with Crippen molar-refractivity contribution in [2.24, 2.45) is 11.8 Å². The van der Waals surface area contributed by atoms with Gasteiger partial charge in [0.2, 0.25) is 0 Å². The van der Waals surface area contributed by atoms with Crippen molar-refractivity contribution in [3.63, 3.8) is 0 Å². The molecule has 1 aliphatic rings. The van der Waals surface area contributed by atoms with Gasteiger partial charge in [-0.15, -0.1) is 0 Å². The van der Waals surface area contributed by atoms with Crippen LogP contribution in [-0.2, 0) is 4.74 Å². The molecule has 66 valence electrons. The lowest BCUT2D eigenvalue weighted by molar-refractivity contribution is 0.169. The molecule has 0 N–H and O–H groups in total. The lowest BCUT2D eigenvalue weighted by Gasteiger charge is -2.26. The van der Waals surface area contributed by atoms with Gasteiger partial charge in [0.1, 0.15) is 0 Å². The molecule has 11 heavy (non-hydrogen) atoms. The van der Waals surface area contributed by atoms with E-state index in [0.717, 1.165) is 25.0 Å². The highest BCUT2D eigenvalue weighted by Crippen LogP contribution is 2.24. The summed E-state index contributed by atoms with van der Waals surface area (Å²) >= 11 is 0. The molecule has 0 spiro atoms. The van der Waals surface area contributed by atoms with Crippen LogP contribution in [0.1, 0.15) is 13.8 Å². The largest absolute Gasteiger partial charge is 0.379 e. The van der Waals surface area contributed by atoms with E-state index in [2.05, 4.69) is 32.8 Å². The molecule has 0 aromatic rings. The van der Waals surface area contributed by atoms with Crippen molar-refractivity contribution in [2.75, 3.05) is 27.3 Å². The van der Waals surface area contributed by atoms with Crippen LogP contribution in [0.25, 0.3) is 0 Å². The SMILES string of the molecule is CC(C)[C@H]1COC[C@@H]1N(C)C. The first-order valence-corrected chi connectivity index (χ1v) is 4.37. The molecular formula is C9H19NO. The minimum Gasteiger partial charge on any atom is -0.379 e. The van der Waals surface area contributed by atoms with Gasteiger partial charge in [0.15, 0.2) is 0 Å². The smallest absolute Gasteiger partial charge is 0.0625 e. The van der Waals surface area contributed by atoms with Crippen LogP contribution >= 0.6 is 0 Å². The fourth-order valence-electron chi connectivity index (χ4n) is 1.73. The highest BCUT2D eigenvalue weighted by molar-refractivity contribution is 4.82. The quantitative estimate of drug-likeness (QED) is 0.597. The van der Waals surface area contributed by atoms with E-state index in [1.807, 2.05) is 0 Å². The van der Waals surface area contributed by atoms with Gasteiger partial charge in [-0.2, -0.15) is 0 Å². The molecule has 0 unspecified atom stereocenters. The molecule has 1 heterocycles. The Bertz CT molecular complexity index is 109. The Labute approximate surface area is 69.5 Å². The first-order valence-electron chi connectivity index (χ1n) is 4.37. The lowest BCUT2D eigenvalue weighted by atomic mass is 9.91. The Morgan fingerprint density at radius 3 is 2.27 bits per heavy atom. The first-order chi connectivity index (χ1) is 5.13.